The van der Waals surface area contributed by atoms with E-state index in [-0.39, 0.29) is 5.82 Å². The number of aryl methyl sites for hydroxylation is 1. The molecule has 0 bridgehead atoms. The van der Waals surface area contributed by atoms with Crippen LogP contribution in [0.25, 0.3) is 11.3 Å². The Kier molecular flexibility index (Phi) is 5.73. The number of hydrogen-bond acceptors (Lipinski definition) is 3. The number of oxazole rings is 1. The van der Waals surface area contributed by atoms with Crippen molar-refractivity contribution in [3.8, 4) is 11.3 Å². The largest absolute Gasteiger partial charge is 0.441 e. The van der Waals surface area contributed by atoms with Gasteiger partial charge in [-0.2, -0.15) is 0 Å². The fraction of sp³-hybridized carbons (Fsp3) is 0.400. The van der Waals surface area contributed by atoms with Crippen LogP contribution >= 0.6 is 15.9 Å². The van der Waals surface area contributed by atoms with Gasteiger partial charge in [0.15, 0.2) is 11.7 Å². The molecule has 20 heavy (non-hydrogen) atoms. The third kappa shape index (κ3) is 4.15. The lowest BCUT2D eigenvalue weighted by Crippen LogP contribution is -2.16. The highest BCUT2D eigenvalue weighted by Crippen LogP contribution is 2.25. The highest BCUT2D eigenvalue weighted by Gasteiger charge is 2.08. The Bertz CT molecular complexity index is 557. The Morgan fingerprint density at radius 1 is 1.35 bits per heavy atom. The second kappa shape index (κ2) is 7.55. The summed E-state index contributed by atoms with van der Waals surface area (Å²) in [5.74, 6) is 1.11. The second-order valence-corrected chi connectivity index (χ2v) is 5.46. The van der Waals surface area contributed by atoms with E-state index in [1.165, 1.54) is 6.07 Å². The van der Waals surface area contributed by atoms with Crippen LogP contribution in [0.15, 0.2) is 33.3 Å². The van der Waals surface area contributed by atoms with Crippen molar-refractivity contribution in [1.29, 1.82) is 0 Å². The summed E-state index contributed by atoms with van der Waals surface area (Å²) in [7, 11) is 0. The third-order valence-corrected chi connectivity index (χ3v) is 3.54. The average Bonchev–Trinajstić information content (AvgIpc) is 2.90. The van der Waals surface area contributed by atoms with Gasteiger partial charge in [-0.1, -0.05) is 6.92 Å². The quantitative estimate of drug-likeness (QED) is 0.768. The molecule has 0 amide bonds. The predicted octanol–water partition coefficient (Wildman–Crippen LogP) is 4.18. The highest BCUT2D eigenvalue weighted by atomic mass is 79.9. The Labute approximate surface area is 126 Å². The molecule has 0 fully saturated rings. The first-order chi connectivity index (χ1) is 9.70. The van der Waals surface area contributed by atoms with Crippen molar-refractivity contribution in [3.05, 3.63) is 40.6 Å². The Hall–Kier alpha value is -1.20. The maximum Gasteiger partial charge on any atom is 0.194 e. The Balaban J connectivity index is 1.93. The van der Waals surface area contributed by atoms with Gasteiger partial charge in [-0.25, -0.2) is 9.37 Å². The molecule has 1 aromatic carbocycles. The topological polar surface area (TPSA) is 38.1 Å². The van der Waals surface area contributed by atoms with Crippen LogP contribution in [-0.4, -0.2) is 18.1 Å². The minimum absolute atomic E-state index is 0.282. The summed E-state index contributed by atoms with van der Waals surface area (Å²) < 4.78 is 19.3. The lowest BCUT2D eigenvalue weighted by Gasteiger charge is -2.01. The van der Waals surface area contributed by atoms with Crippen LogP contribution in [0.3, 0.4) is 0 Å². The molecule has 0 radical (unpaired) electrons. The first-order valence-corrected chi connectivity index (χ1v) is 7.61. The van der Waals surface area contributed by atoms with Gasteiger partial charge >= 0.3 is 0 Å². The van der Waals surface area contributed by atoms with E-state index < -0.39 is 0 Å². The first-order valence-electron chi connectivity index (χ1n) is 6.81. The molecule has 0 spiro atoms. The minimum atomic E-state index is -0.282. The van der Waals surface area contributed by atoms with E-state index in [1.54, 1.807) is 18.3 Å². The van der Waals surface area contributed by atoms with Gasteiger partial charge in [0.1, 0.15) is 5.82 Å². The van der Waals surface area contributed by atoms with Crippen molar-refractivity contribution in [3.63, 3.8) is 0 Å². The molecule has 0 saturated carbocycles. The lowest BCUT2D eigenvalue weighted by molar-refractivity contribution is 0.491. The van der Waals surface area contributed by atoms with Gasteiger partial charge in [-0.15, -0.1) is 0 Å². The standard InChI is InChI=1S/C15H18BrFN2O/c1-2-7-18-8-3-4-15-19-10-14(20-15)11-5-6-13(17)12(16)9-11/h5-6,9-10,18H,2-4,7-8H2,1H3. The van der Waals surface area contributed by atoms with Gasteiger partial charge < -0.3 is 9.73 Å². The Morgan fingerprint density at radius 2 is 2.20 bits per heavy atom. The van der Waals surface area contributed by atoms with Gasteiger partial charge in [0.25, 0.3) is 0 Å². The molecule has 0 atom stereocenters. The van der Waals surface area contributed by atoms with Gasteiger partial charge in [0.2, 0.25) is 0 Å². The molecular formula is C15H18BrFN2O. The molecule has 0 aliphatic heterocycles. The minimum Gasteiger partial charge on any atom is -0.441 e. The van der Waals surface area contributed by atoms with E-state index in [0.717, 1.165) is 43.8 Å². The van der Waals surface area contributed by atoms with Gasteiger partial charge in [-0.3, -0.25) is 0 Å². The zero-order valence-corrected chi connectivity index (χ0v) is 13.0. The third-order valence-electron chi connectivity index (χ3n) is 2.93. The van der Waals surface area contributed by atoms with Crippen LogP contribution in [0.1, 0.15) is 25.7 Å². The average molecular weight is 341 g/mol. The predicted molar refractivity (Wildman–Crippen MR) is 81.1 cm³/mol. The number of rotatable bonds is 7. The molecule has 2 rings (SSSR count). The van der Waals surface area contributed by atoms with Crippen molar-refractivity contribution in [2.45, 2.75) is 26.2 Å². The molecular weight excluding hydrogens is 323 g/mol. The first kappa shape index (κ1) is 15.2. The van der Waals surface area contributed by atoms with Crippen LogP contribution in [0.4, 0.5) is 4.39 Å². The van der Waals surface area contributed by atoms with Crippen LogP contribution in [0.2, 0.25) is 0 Å². The zero-order valence-electron chi connectivity index (χ0n) is 11.5. The SMILES string of the molecule is CCCNCCCc1ncc(-c2ccc(F)c(Br)c2)o1. The molecule has 108 valence electrons. The monoisotopic (exact) mass is 340 g/mol. The summed E-state index contributed by atoms with van der Waals surface area (Å²) in [5.41, 5.74) is 0.820. The van der Waals surface area contributed by atoms with Gasteiger partial charge in [0.05, 0.1) is 10.7 Å². The van der Waals surface area contributed by atoms with Crippen molar-refractivity contribution in [2.24, 2.45) is 0 Å². The van der Waals surface area contributed by atoms with E-state index >= 15 is 0 Å². The Morgan fingerprint density at radius 3 is 2.95 bits per heavy atom. The molecule has 5 heteroatoms. The summed E-state index contributed by atoms with van der Waals surface area (Å²) in [5, 5.41) is 3.34. The number of aromatic nitrogens is 1. The summed E-state index contributed by atoms with van der Waals surface area (Å²) >= 11 is 3.17. The molecule has 1 N–H and O–H groups in total. The summed E-state index contributed by atoms with van der Waals surface area (Å²) in [6.07, 6.45) is 4.63. The van der Waals surface area contributed by atoms with Crippen LogP contribution < -0.4 is 5.32 Å². The molecule has 0 aliphatic carbocycles. The maximum atomic E-state index is 13.2. The maximum absolute atomic E-state index is 13.2. The summed E-state index contributed by atoms with van der Waals surface area (Å²) in [6.45, 7) is 4.16. The van der Waals surface area contributed by atoms with E-state index in [9.17, 15) is 4.39 Å². The number of hydrogen-bond donors (Lipinski definition) is 1. The van der Waals surface area contributed by atoms with Crippen LogP contribution in [0, 0.1) is 5.82 Å². The van der Waals surface area contributed by atoms with Crippen molar-refractivity contribution < 1.29 is 8.81 Å². The van der Waals surface area contributed by atoms with E-state index in [1.807, 2.05) is 0 Å². The van der Waals surface area contributed by atoms with E-state index in [0.29, 0.717) is 10.2 Å². The fourth-order valence-electron chi connectivity index (χ4n) is 1.88. The van der Waals surface area contributed by atoms with Gasteiger partial charge in [0, 0.05) is 12.0 Å². The van der Waals surface area contributed by atoms with Crippen molar-refractivity contribution in [2.75, 3.05) is 13.1 Å². The second-order valence-electron chi connectivity index (χ2n) is 4.60. The summed E-state index contributed by atoms with van der Waals surface area (Å²) in [6, 6.07) is 4.80. The zero-order chi connectivity index (χ0) is 14.4. The van der Waals surface area contributed by atoms with Crippen LogP contribution in [0.5, 0.6) is 0 Å². The lowest BCUT2D eigenvalue weighted by atomic mass is 10.2. The molecule has 0 aliphatic rings. The highest BCUT2D eigenvalue weighted by molar-refractivity contribution is 9.10. The molecule has 0 unspecified atom stereocenters. The molecule has 1 heterocycles. The molecule has 1 aromatic heterocycles. The number of benzene rings is 1. The van der Waals surface area contributed by atoms with Crippen molar-refractivity contribution in [1.82, 2.24) is 10.3 Å². The molecule has 2 aromatic rings. The molecule has 3 nitrogen and oxygen atoms in total. The van der Waals surface area contributed by atoms with E-state index in [4.69, 9.17) is 4.42 Å². The van der Waals surface area contributed by atoms with E-state index in [2.05, 4.69) is 33.2 Å². The number of nitrogens with zero attached hydrogens (tertiary/aromatic N) is 1. The normalized spacial score (nSPS) is 10.9. The smallest absolute Gasteiger partial charge is 0.194 e. The number of halogens is 2. The van der Waals surface area contributed by atoms with Crippen molar-refractivity contribution >= 4 is 15.9 Å². The fourth-order valence-corrected chi connectivity index (χ4v) is 2.25. The van der Waals surface area contributed by atoms with Crippen LogP contribution in [-0.2, 0) is 6.42 Å². The summed E-state index contributed by atoms with van der Waals surface area (Å²) in [4.78, 5) is 4.26. The number of nitrogens with one attached hydrogen (secondary N) is 1. The molecule has 0 saturated heterocycles. The van der Waals surface area contributed by atoms with Gasteiger partial charge in [-0.05, 0) is 60.1 Å².